The summed E-state index contributed by atoms with van der Waals surface area (Å²) >= 11 is 0. The van der Waals surface area contributed by atoms with E-state index < -0.39 is 24.6 Å². The molecule has 2 rings (SSSR count). The highest BCUT2D eigenvalue weighted by Gasteiger charge is 2.29. The lowest BCUT2D eigenvalue weighted by atomic mass is 10.1. The molecule has 0 bridgehead atoms. The van der Waals surface area contributed by atoms with Gasteiger partial charge in [-0.3, -0.25) is 9.59 Å². The van der Waals surface area contributed by atoms with Gasteiger partial charge in [-0.15, -0.1) is 0 Å². The van der Waals surface area contributed by atoms with Crippen molar-refractivity contribution in [3.8, 4) is 5.88 Å². The zero-order valence-corrected chi connectivity index (χ0v) is 14.7. The molecule has 2 aromatic rings. The molecule has 1 aromatic carbocycles. The Morgan fingerprint density at radius 2 is 1.93 bits per heavy atom. The minimum atomic E-state index is -4.54. The Morgan fingerprint density at radius 3 is 2.59 bits per heavy atom. The molecule has 1 heterocycles. The molecule has 0 atom stereocenters. The molecule has 9 heteroatoms. The van der Waals surface area contributed by atoms with Gasteiger partial charge in [0, 0.05) is 32.4 Å². The van der Waals surface area contributed by atoms with Crippen molar-refractivity contribution in [2.45, 2.75) is 12.7 Å². The van der Waals surface area contributed by atoms with E-state index in [1.807, 2.05) is 0 Å². The van der Waals surface area contributed by atoms with Crippen molar-refractivity contribution in [3.05, 3.63) is 59.3 Å². The first kappa shape index (κ1) is 20.2. The number of halogens is 3. The van der Waals surface area contributed by atoms with Gasteiger partial charge in [-0.05, 0) is 29.8 Å². The first-order chi connectivity index (χ1) is 12.7. The predicted molar refractivity (Wildman–Crippen MR) is 91.4 cm³/mol. The molecule has 2 amide bonds. The number of benzene rings is 1. The Bertz CT molecular complexity index is 823. The minimum absolute atomic E-state index is 0.0843. The molecule has 1 N–H and O–H groups in total. The predicted octanol–water partition coefficient (Wildman–Crippen LogP) is 2.65. The van der Waals surface area contributed by atoms with E-state index in [0.29, 0.717) is 11.1 Å². The molecule has 6 nitrogen and oxygen atoms in total. The fourth-order valence-electron chi connectivity index (χ4n) is 2.18. The van der Waals surface area contributed by atoms with E-state index in [1.54, 1.807) is 38.4 Å². The standard InChI is InChI=1S/C18H18F3N3O3/c1-24(2)17(26)13-6-3-5-12(9-13)10-23-15(25)14-7-4-8-22-16(14)27-11-18(19,20)21/h3-9H,10-11H2,1-2H3,(H,23,25). The van der Waals surface area contributed by atoms with Crippen LogP contribution in [0.1, 0.15) is 26.3 Å². The molecule has 144 valence electrons. The van der Waals surface area contributed by atoms with Gasteiger partial charge in [0.05, 0.1) is 0 Å². The summed E-state index contributed by atoms with van der Waals surface area (Å²) in [6.07, 6.45) is -3.30. The fourth-order valence-corrected chi connectivity index (χ4v) is 2.18. The fraction of sp³-hybridized carbons (Fsp3) is 0.278. The van der Waals surface area contributed by atoms with Crippen molar-refractivity contribution < 1.29 is 27.5 Å². The number of nitrogens with one attached hydrogen (secondary N) is 1. The van der Waals surface area contributed by atoms with Crippen LogP contribution in [0.15, 0.2) is 42.6 Å². The summed E-state index contributed by atoms with van der Waals surface area (Å²) in [6.45, 7) is -1.46. The van der Waals surface area contributed by atoms with Gasteiger partial charge >= 0.3 is 6.18 Å². The van der Waals surface area contributed by atoms with Crippen molar-refractivity contribution in [3.63, 3.8) is 0 Å². The van der Waals surface area contributed by atoms with E-state index >= 15 is 0 Å². The lowest BCUT2D eigenvalue weighted by Crippen LogP contribution is -2.26. The number of carbonyl (C=O) groups excluding carboxylic acids is 2. The van der Waals surface area contributed by atoms with Gasteiger partial charge in [0.25, 0.3) is 11.8 Å². The Labute approximate surface area is 154 Å². The third-order valence-corrected chi connectivity index (χ3v) is 3.42. The Hall–Kier alpha value is -3.10. The van der Waals surface area contributed by atoms with Crippen LogP contribution in [-0.4, -0.2) is 48.6 Å². The summed E-state index contributed by atoms with van der Waals surface area (Å²) in [5, 5.41) is 2.58. The normalized spacial score (nSPS) is 11.0. The average Bonchev–Trinajstić information content (AvgIpc) is 2.63. The first-order valence-corrected chi connectivity index (χ1v) is 7.91. The highest BCUT2D eigenvalue weighted by molar-refractivity contribution is 5.96. The van der Waals surface area contributed by atoms with Crippen molar-refractivity contribution in [1.82, 2.24) is 15.2 Å². The number of alkyl halides is 3. The topological polar surface area (TPSA) is 71.5 Å². The van der Waals surface area contributed by atoms with Gasteiger partial charge < -0.3 is 15.0 Å². The summed E-state index contributed by atoms with van der Waals surface area (Å²) in [7, 11) is 3.25. The van der Waals surface area contributed by atoms with Crippen molar-refractivity contribution >= 4 is 11.8 Å². The minimum Gasteiger partial charge on any atom is -0.467 e. The Kier molecular flexibility index (Phi) is 6.38. The van der Waals surface area contributed by atoms with E-state index in [0.717, 1.165) is 0 Å². The van der Waals surface area contributed by atoms with Crippen molar-refractivity contribution in [2.24, 2.45) is 0 Å². The third kappa shape index (κ3) is 5.98. The van der Waals surface area contributed by atoms with Crippen LogP contribution < -0.4 is 10.1 Å². The Balaban J connectivity index is 2.06. The van der Waals surface area contributed by atoms with E-state index in [-0.39, 0.29) is 18.0 Å². The maximum absolute atomic E-state index is 12.3. The molecular weight excluding hydrogens is 363 g/mol. The number of pyridine rings is 1. The maximum Gasteiger partial charge on any atom is 0.422 e. The summed E-state index contributed by atoms with van der Waals surface area (Å²) < 4.78 is 41.6. The Morgan fingerprint density at radius 1 is 1.19 bits per heavy atom. The van der Waals surface area contributed by atoms with Gasteiger partial charge in [0.15, 0.2) is 6.61 Å². The van der Waals surface area contributed by atoms with Gasteiger partial charge in [-0.25, -0.2) is 4.98 Å². The summed E-state index contributed by atoms with van der Waals surface area (Å²) in [5.41, 5.74) is 1.02. The van der Waals surface area contributed by atoms with E-state index in [4.69, 9.17) is 0 Å². The zero-order chi connectivity index (χ0) is 20.0. The number of hydrogen-bond donors (Lipinski definition) is 1. The lowest BCUT2D eigenvalue weighted by molar-refractivity contribution is -0.154. The second-order valence-corrected chi connectivity index (χ2v) is 5.84. The lowest BCUT2D eigenvalue weighted by Gasteiger charge is -2.13. The molecule has 0 saturated carbocycles. The number of rotatable bonds is 6. The van der Waals surface area contributed by atoms with E-state index in [1.165, 1.54) is 23.2 Å². The van der Waals surface area contributed by atoms with Crippen LogP contribution in [0.25, 0.3) is 0 Å². The maximum atomic E-state index is 12.3. The van der Waals surface area contributed by atoms with Gasteiger partial charge in [-0.2, -0.15) is 13.2 Å². The largest absolute Gasteiger partial charge is 0.467 e. The molecule has 0 fully saturated rings. The molecule has 0 aliphatic carbocycles. The zero-order valence-electron chi connectivity index (χ0n) is 14.7. The molecule has 0 aliphatic rings. The van der Waals surface area contributed by atoms with Crippen LogP contribution in [0.5, 0.6) is 5.88 Å². The van der Waals surface area contributed by atoms with Crippen LogP contribution in [0.4, 0.5) is 13.2 Å². The summed E-state index contributed by atoms with van der Waals surface area (Å²) in [5.74, 6) is -1.22. The molecular formula is C18H18F3N3O3. The second-order valence-electron chi connectivity index (χ2n) is 5.84. The summed E-state index contributed by atoms with van der Waals surface area (Å²) in [4.78, 5) is 29.4. The van der Waals surface area contributed by atoms with Gasteiger partial charge in [0.1, 0.15) is 5.56 Å². The SMILES string of the molecule is CN(C)C(=O)c1cccc(CNC(=O)c2cccnc2OCC(F)(F)F)c1. The number of hydrogen-bond acceptors (Lipinski definition) is 4. The van der Waals surface area contributed by atoms with Crippen LogP contribution >= 0.6 is 0 Å². The van der Waals surface area contributed by atoms with Crippen LogP contribution in [-0.2, 0) is 6.54 Å². The highest BCUT2D eigenvalue weighted by atomic mass is 19.4. The van der Waals surface area contributed by atoms with Gasteiger partial charge in [0.2, 0.25) is 5.88 Å². The number of carbonyl (C=O) groups is 2. The molecule has 0 radical (unpaired) electrons. The van der Waals surface area contributed by atoms with Crippen LogP contribution in [0, 0.1) is 0 Å². The van der Waals surface area contributed by atoms with Crippen molar-refractivity contribution in [2.75, 3.05) is 20.7 Å². The molecule has 0 aliphatic heterocycles. The first-order valence-electron chi connectivity index (χ1n) is 7.91. The quantitative estimate of drug-likeness (QED) is 0.835. The molecule has 0 saturated heterocycles. The molecule has 0 unspecified atom stereocenters. The van der Waals surface area contributed by atoms with Crippen LogP contribution in [0.3, 0.4) is 0 Å². The second kappa shape index (κ2) is 8.52. The van der Waals surface area contributed by atoms with E-state index in [2.05, 4.69) is 15.0 Å². The highest BCUT2D eigenvalue weighted by Crippen LogP contribution is 2.20. The molecule has 0 spiro atoms. The smallest absolute Gasteiger partial charge is 0.422 e. The van der Waals surface area contributed by atoms with Crippen LogP contribution in [0.2, 0.25) is 0 Å². The summed E-state index contributed by atoms with van der Waals surface area (Å²) in [6, 6.07) is 9.42. The molecule has 27 heavy (non-hydrogen) atoms. The average molecular weight is 381 g/mol. The van der Waals surface area contributed by atoms with Gasteiger partial charge in [-0.1, -0.05) is 12.1 Å². The number of aromatic nitrogens is 1. The molecule has 1 aromatic heterocycles. The van der Waals surface area contributed by atoms with E-state index in [9.17, 15) is 22.8 Å². The third-order valence-electron chi connectivity index (χ3n) is 3.42. The number of ether oxygens (including phenoxy) is 1. The number of amides is 2. The monoisotopic (exact) mass is 381 g/mol. The number of nitrogens with zero attached hydrogens (tertiary/aromatic N) is 2. The van der Waals surface area contributed by atoms with Crippen molar-refractivity contribution in [1.29, 1.82) is 0 Å².